The van der Waals surface area contributed by atoms with Gasteiger partial charge < -0.3 is 4.42 Å². The molecule has 2 rings (SSSR count). The lowest BCUT2D eigenvalue weighted by atomic mass is 10.1. The number of aliphatic imine (C=N–C) groups is 1. The standard InChI is InChI=1S/C10H13NO/c1-8-5-6-10(12-8)9-4-2-3-7-11-9/h5-6H,2-4,7H2,1H3. The largest absolute Gasteiger partial charge is 0.460 e. The van der Waals surface area contributed by atoms with E-state index in [4.69, 9.17) is 4.42 Å². The van der Waals surface area contributed by atoms with Crippen molar-refractivity contribution in [1.82, 2.24) is 0 Å². The Bertz CT molecular complexity index is 299. The van der Waals surface area contributed by atoms with E-state index in [9.17, 15) is 0 Å². The summed E-state index contributed by atoms with van der Waals surface area (Å²) in [5, 5.41) is 0. The second-order valence-electron chi connectivity index (χ2n) is 3.20. The van der Waals surface area contributed by atoms with Gasteiger partial charge in [-0.2, -0.15) is 0 Å². The van der Waals surface area contributed by atoms with Crippen molar-refractivity contribution < 1.29 is 4.42 Å². The summed E-state index contributed by atoms with van der Waals surface area (Å²) in [6, 6.07) is 4.01. The number of hydrogen-bond acceptors (Lipinski definition) is 2. The summed E-state index contributed by atoms with van der Waals surface area (Å²) in [6.45, 7) is 2.93. The molecule has 1 aliphatic rings. The summed E-state index contributed by atoms with van der Waals surface area (Å²) in [5.74, 6) is 1.94. The van der Waals surface area contributed by atoms with Crippen LogP contribution in [-0.4, -0.2) is 12.3 Å². The van der Waals surface area contributed by atoms with Crippen molar-refractivity contribution in [3.05, 3.63) is 23.7 Å². The highest BCUT2D eigenvalue weighted by Crippen LogP contribution is 2.15. The van der Waals surface area contributed by atoms with Gasteiger partial charge in [0.1, 0.15) is 11.5 Å². The summed E-state index contributed by atoms with van der Waals surface area (Å²) in [7, 11) is 0. The minimum Gasteiger partial charge on any atom is -0.460 e. The van der Waals surface area contributed by atoms with Crippen molar-refractivity contribution in [3.8, 4) is 0 Å². The van der Waals surface area contributed by atoms with Gasteiger partial charge >= 0.3 is 0 Å². The Morgan fingerprint density at radius 3 is 2.83 bits per heavy atom. The molecule has 12 heavy (non-hydrogen) atoms. The molecule has 1 aromatic rings. The topological polar surface area (TPSA) is 25.5 Å². The summed E-state index contributed by atoms with van der Waals surface area (Å²) in [5.41, 5.74) is 1.15. The predicted molar refractivity (Wildman–Crippen MR) is 48.7 cm³/mol. The fourth-order valence-electron chi connectivity index (χ4n) is 1.49. The molecule has 0 radical (unpaired) electrons. The molecule has 2 nitrogen and oxygen atoms in total. The molecular weight excluding hydrogens is 150 g/mol. The quantitative estimate of drug-likeness (QED) is 0.624. The molecule has 1 aliphatic heterocycles. The molecule has 2 heteroatoms. The van der Waals surface area contributed by atoms with Crippen LogP contribution in [0.25, 0.3) is 0 Å². The zero-order chi connectivity index (χ0) is 8.39. The minimum atomic E-state index is 0.965. The monoisotopic (exact) mass is 163 g/mol. The molecule has 0 unspecified atom stereocenters. The van der Waals surface area contributed by atoms with Crippen LogP contribution in [-0.2, 0) is 0 Å². The average molecular weight is 163 g/mol. The third-order valence-electron chi connectivity index (χ3n) is 2.15. The smallest absolute Gasteiger partial charge is 0.148 e. The first-order valence-corrected chi connectivity index (χ1v) is 4.46. The molecule has 0 aromatic carbocycles. The van der Waals surface area contributed by atoms with E-state index in [-0.39, 0.29) is 0 Å². The number of hydrogen-bond donors (Lipinski definition) is 0. The van der Waals surface area contributed by atoms with Crippen molar-refractivity contribution >= 4 is 5.71 Å². The average Bonchev–Trinajstić information content (AvgIpc) is 2.54. The normalized spacial score (nSPS) is 17.6. The lowest BCUT2D eigenvalue weighted by molar-refractivity contribution is 0.521. The van der Waals surface area contributed by atoms with Gasteiger partial charge in [-0.05, 0) is 38.3 Å². The molecule has 1 aromatic heterocycles. The molecule has 2 heterocycles. The number of nitrogens with zero attached hydrogens (tertiary/aromatic N) is 1. The summed E-state index contributed by atoms with van der Waals surface area (Å²) in [6.07, 6.45) is 3.55. The van der Waals surface area contributed by atoms with Gasteiger partial charge in [0.25, 0.3) is 0 Å². The number of rotatable bonds is 1. The van der Waals surface area contributed by atoms with E-state index in [1.54, 1.807) is 0 Å². The first-order chi connectivity index (χ1) is 5.86. The van der Waals surface area contributed by atoms with Crippen molar-refractivity contribution in [1.29, 1.82) is 0 Å². The molecule has 0 aliphatic carbocycles. The van der Waals surface area contributed by atoms with Crippen LogP contribution < -0.4 is 0 Å². The maximum atomic E-state index is 5.49. The zero-order valence-electron chi connectivity index (χ0n) is 7.34. The van der Waals surface area contributed by atoms with Crippen LogP contribution in [0.5, 0.6) is 0 Å². The lowest BCUT2D eigenvalue weighted by Crippen LogP contribution is -2.06. The molecule has 0 saturated carbocycles. The van der Waals surface area contributed by atoms with Crippen LogP contribution in [0.15, 0.2) is 21.5 Å². The maximum absolute atomic E-state index is 5.49. The van der Waals surface area contributed by atoms with Gasteiger partial charge in [0.15, 0.2) is 0 Å². The van der Waals surface area contributed by atoms with Crippen molar-refractivity contribution in [3.63, 3.8) is 0 Å². The van der Waals surface area contributed by atoms with Gasteiger partial charge in [0.05, 0.1) is 5.71 Å². The van der Waals surface area contributed by atoms with Gasteiger partial charge in [0, 0.05) is 6.54 Å². The SMILES string of the molecule is Cc1ccc(C2=NCCCC2)o1. The Morgan fingerprint density at radius 2 is 2.25 bits per heavy atom. The van der Waals surface area contributed by atoms with E-state index in [0.29, 0.717) is 0 Å². The Hall–Kier alpha value is -1.05. The first kappa shape index (κ1) is 7.59. The predicted octanol–water partition coefficient (Wildman–Crippen LogP) is 2.56. The Kier molecular flexibility index (Phi) is 1.98. The first-order valence-electron chi connectivity index (χ1n) is 4.46. The zero-order valence-corrected chi connectivity index (χ0v) is 7.34. The van der Waals surface area contributed by atoms with Crippen molar-refractivity contribution in [2.24, 2.45) is 4.99 Å². The van der Waals surface area contributed by atoms with Crippen molar-refractivity contribution in [2.45, 2.75) is 26.2 Å². The van der Waals surface area contributed by atoms with E-state index in [2.05, 4.69) is 4.99 Å². The number of aryl methyl sites for hydroxylation is 1. The summed E-state index contributed by atoms with van der Waals surface area (Å²) >= 11 is 0. The van der Waals surface area contributed by atoms with Gasteiger partial charge in [-0.1, -0.05) is 0 Å². The molecule has 0 amide bonds. The van der Waals surface area contributed by atoms with Gasteiger partial charge in [-0.3, -0.25) is 4.99 Å². The molecule has 0 atom stereocenters. The van der Waals surface area contributed by atoms with Crippen molar-refractivity contribution in [2.75, 3.05) is 6.54 Å². The van der Waals surface area contributed by atoms with Crippen LogP contribution in [0.4, 0.5) is 0 Å². The Balaban J connectivity index is 2.23. The number of furan rings is 1. The molecular formula is C10H13NO. The van der Waals surface area contributed by atoms with Crippen LogP contribution in [0.2, 0.25) is 0 Å². The highest BCUT2D eigenvalue weighted by Gasteiger charge is 2.10. The molecule has 0 bridgehead atoms. The third-order valence-corrected chi connectivity index (χ3v) is 2.15. The van der Waals surface area contributed by atoms with Crippen LogP contribution in [0.1, 0.15) is 30.8 Å². The second-order valence-corrected chi connectivity index (χ2v) is 3.20. The molecule has 0 saturated heterocycles. The van der Waals surface area contributed by atoms with E-state index in [0.717, 1.165) is 30.2 Å². The fraction of sp³-hybridized carbons (Fsp3) is 0.500. The Labute approximate surface area is 72.3 Å². The third kappa shape index (κ3) is 1.42. The molecule has 0 fully saturated rings. The van der Waals surface area contributed by atoms with Gasteiger partial charge in [-0.15, -0.1) is 0 Å². The fourth-order valence-corrected chi connectivity index (χ4v) is 1.49. The second kappa shape index (κ2) is 3.13. The highest BCUT2D eigenvalue weighted by molar-refractivity contribution is 5.98. The van der Waals surface area contributed by atoms with Crippen LogP contribution in [0, 0.1) is 6.92 Å². The van der Waals surface area contributed by atoms with E-state index >= 15 is 0 Å². The van der Waals surface area contributed by atoms with E-state index < -0.39 is 0 Å². The van der Waals surface area contributed by atoms with Gasteiger partial charge in [-0.25, -0.2) is 0 Å². The molecule has 0 spiro atoms. The minimum absolute atomic E-state index is 0.965. The molecule has 64 valence electrons. The van der Waals surface area contributed by atoms with E-state index in [1.165, 1.54) is 12.8 Å². The lowest BCUT2D eigenvalue weighted by Gasteiger charge is -2.08. The highest BCUT2D eigenvalue weighted by atomic mass is 16.3. The van der Waals surface area contributed by atoms with Gasteiger partial charge in [0.2, 0.25) is 0 Å². The van der Waals surface area contributed by atoms with Crippen LogP contribution in [0.3, 0.4) is 0 Å². The summed E-state index contributed by atoms with van der Waals surface area (Å²) < 4.78 is 5.49. The van der Waals surface area contributed by atoms with E-state index in [1.807, 2.05) is 19.1 Å². The maximum Gasteiger partial charge on any atom is 0.148 e. The van der Waals surface area contributed by atoms with Crippen LogP contribution >= 0.6 is 0 Å². The summed E-state index contributed by atoms with van der Waals surface area (Å²) in [4.78, 5) is 4.44. The Morgan fingerprint density at radius 1 is 1.33 bits per heavy atom. The molecule has 0 N–H and O–H groups in total.